The van der Waals surface area contributed by atoms with E-state index < -0.39 is 0 Å². The third kappa shape index (κ3) is 5.29. The van der Waals surface area contributed by atoms with E-state index in [2.05, 4.69) is 34.1 Å². The van der Waals surface area contributed by atoms with Crippen molar-refractivity contribution in [3.05, 3.63) is 75.1 Å². The molecule has 1 aliphatic rings. The summed E-state index contributed by atoms with van der Waals surface area (Å²) >= 11 is 4.50. The molecule has 3 aromatic rings. The Morgan fingerprint density at radius 2 is 1.79 bits per heavy atom. The molecule has 8 heteroatoms. The molecule has 0 spiro atoms. The molecule has 1 fully saturated rings. The van der Waals surface area contributed by atoms with Gasteiger partial charge in [0.15, 0.2) is 11.5 Å². The number of ether oxygens (including phenoxy) is 3. The Labute approximate surface area is 211 Å². The van der Waals surface area contributed by atoms with Crippen LogP contribution in [-0.4, -0.2) is 42.9 Å². The lowest BCUT2D eigenvalue weighted by Gasteiger charge is -2.15. The van der Waals surface area contributed by atoms with Crippen LogP contribution in [0.25, 0.3) is 16.8 Å². The molecule has 1 saturated heterocycles. The molecule has 0 aliphatic carbocycles. The van der Waals surface area contributed by atoms with Crippen molar-refractivity contribution in [3.8, 4) is 11.5 Å². The van der Waals surface area contributed by atoms with Gasteiger partial charge in [0.25, 0.3) is 11.1 Å². The number of nitrogens with zero attached hydrogens (tertiary/aromatic N) is 1. The fourth-order valence-corrected chi connectivity index (χ4v) is 4.93. The van der Waals surface area contributed by atoms with Crippen molar-refractivity contribution in [3.63, 3.8) is 0 Å². The quantitative estimate of drug-likeness (QED) is 0.298. The molecular weight excluding hydrogens is 518 g/mol. The van der Waals surface area contributed by atoms with E-state index in [1.165, 1.54) is 12.0 Å². The smallest absolute Gasteiger partial charge is 0.293 e. The van der Waals surface area contributed by atoms with Gasteiger partial charge in [0.05, 0.1) is 24.7 Å². The second-order valence-corrected chi connectivity index (χ2v) is 9.35. The van der Waals surface area contributed by atoms with E-state index in [1.54, 1.807) is 6.08 Å². The topological polar surface area (TPSA) is 65.1 Å². The van der Waals surface area contributed by atoms with E-state index in [9.17, 15) is 9.59 Å². The number of hydrogen-bond donors (Lipinski definition) is 0. The van der Waals surface area contributed by atoms with E-state index in [1.807, 2.05) is 43.3 Å². The first kappa shape index (κ1) is 24.3. The zero-order valence-electron chi connectivity index (χ0n) is 18.9. The normalized spacial score (nSPS) is 14.9. The van der Waals surface area contributed by atoms with Crippen molar-refractivity contribution in [2.75, 3.05) is 26.9 Å². The number of benzene rings is 3. The second-order valence-electron chi connectivity index (χ2n) is 7.51. The highest BCUT2D eigenvalue weighted by Crippen LogP contribution is 2.38. The molecule has 1 aliphatic heterocycles. The van der Waals surface area contributed by atoms with E-state index in [4.69, 9.17) is 14.2 Å². The number of rotatable bonds is 9. The Kier molecular flexibility index (Phi) is 7.92. The monoisotopic (exact) mass is 541 g/mol. The molecule has 1 heterocycles. The predicted molar refractivity (Wildman–Crippen MR) is 138 cm³/mol. The van der Waals surface area contributed by atoms with Crippen molar-refractivity contribution < 1.29 is 23.8 Å². The third-order valence-electron chi connectivity index (χ3n) is 5.31. The highest BCUT2D eigenvalue weighted by atomic mass is 79.9. The summed E-state index contributed by atoms with van der Waals surface area (Å²) in [4.78, 5) is 26.4. The van der Waals surface area contributed by atoms with Crippen LogP contribution in [0.15, 0.2) is 64.0 Å². The number of methoxy groups -OCH3 is 1. The van der Waals surface area contributed by atoms with Crippen molar-refractivity contribution in [2.45, 2.75) is 13.5 Å². The number of carbonyl (C=O) groups is 2. The summed E-state index contributed by atoms with van der Waals surface area (Å²) in [5, 5.41) is 2.00. The van der Waals surface area contributed by atoms with E-state index >= 15 is 0 Å². The SMILES string of the molecule is CCOc1cc(/C=C2/SC(=O)N(CCOC)C2=O)c(Br)cc1OCc1cccc2ccccc12. The van der Waals surface area contributed by atoms with Gasteiger partial charge in [-0.2, -0.15) is 0 Å². The number of fused-ring (bicyclic) bond motifs is 1. The van der Waals surface area contributed by atoms with E-state index in [0.29, 0.717) is 36.2 Å². The van der Waals surface area contributed by atoms with Gasteiger partial charge >= 0.3 is 0 Å². The average molecular weight is 542 g/mol. The molecule has 0 saturated carbocycles. The largest absolute Gasteiger partial charge is 0.490 e. The fourth-order valence-electron chi connectivity index (χ4n) is 3.63. The van der Waals surface area contributed by atoms with Crippen molar-refractivity contribution in [1.29, 1.82) is 0 Å². The first-order chi connectivity index (χ1) is 16.5. The summed E-state index contributed by atoms with van der Waals surface area (Å²) in [6.07, 6.45) is 1.69. The van der Waals surface area contributed by atoms with Crippen molar-refractivity contribution >= 4 is 55.7 Å². The van der Waals surface area contributed by atoms with Crippen molar-refractivity contribution in [1.82, 2.24) is 4.90 Å². The first-order valence-electron chi connectivity index (χ1n) is 10.8. The molecule has 0 N–H and O–H groups in total. The first-order valence-corrected chi connectivity index (χ1v) is 12.4. The molecule has 3 aromatic carbocycles. The van der Waals surface area contributed by atoms with Gasteiger partial charge in [0.2, 0.25) is 0 Å². The molecule has 0 bridgehead atoms. The van der Waals surface area contributed by atoms with E-state index in [0.717, 1.165) is 38.1 Å². The Morgan fingerprint density at radius 1 is 1.03 bits per heavy atom. The lowest BCUT2D eigenvalue weighted by molar-refractivity contribution is -0.123. The number of amides is 2. The minimum atomic E-state index is -0.326. The van der Waals surface area contributed by atoms with Gasteiger partial charge in [0, 0.05) is 11.6 Å². The third-order valence-corrected chi connectivity index (χ3v) is 6.90. The summed E-state index contributed by atoms with van der Waals surface area (Å²) < 4.78 is 17.7. The minimum Gasteiger partial charge on any atom is -0.490 e. The van der Waals surface area contributed by atoms with Gasteiger partial charge in [-0.05, 0) is 58.8 Å². The van der Waals surface area contributed by atoms with Crippen LogP contribution in [0, 0.1) is 0 Å². The fraction of sp³-hybridized carbons (Fsp3) is 0.231. The summed E-state index contributed by atoms with van der Waals surface area (Å²) in [6.45, 7) is 3.26. The molecule has 0 atom stereocenters. The number of imide groups is 1. The molecule has 34 heavy (non-hydrogen) atoms. The zero-order valence-corrected chi connectivity index (χ0v) is 21.3. The Balaban J connectivity index is 1.59. The average Bonchev–Trinajstić information content (AvgIpc) is 3.10. The molecule has 2 amide bonds. The van der Waals surface area contributed by atoms with Gasteiger partial charge in [-0.25, -0.2) is 0 Å². The summed E-state index contributed by atoms with van der Waals surface area (Å²) in [6, 6.07) is 18.0. The predicted octanol–water partition coefficient (Wildman–Crippen LogP) is 6.26. The Bertz CT molecular complexity index is 1250. The maximum atomic E-state index is 12.7. The van der Waals surface area contributed by atoms with Crippen LogP contribution in [0.4, 0.5) is 4.79 Å². The maximum Gasteiger partial charge on any atom is 0.293 e. The van der Waals surface area contributed by atoms with Crippen LogP contribution in [0.1, 0.15) is 18.1 Å². The molecule has 176 valence electrons. The standard InChI is InChI=1S/C26H24BrNO5S/c1-3-32-22-13-19(14-24-25(29)28(11-12-31-2)26(30)34-24)21(27)15-23(22)33-16-18-9-6-8-17-7-4-5-10-20(17)18/h4-10,13-15H,3,11-12,16H2,1-2H3/b24-14+. The van der Waals surface area contributed by atoms with Crippen LogP contribution in [0.2, 0.25) is 0 Å². The molecule has 4 rings (SSSR count). The van der Waals surface area contributed by atoms with Gasteiger partial charge < -0.3 is 14.2 Å². The highest BCUT2D eigenvalue weighted by molar-refractivity contribution is 9.10. The molecule has 0 aromatic heterocycles. The highest BCUT2D eigenvalue weighted by Gasteiger charge is 2.34. The van der Waals surface area contributed by atoms with Crippen LogP contribution in [0.5, 0.6) is 11.5 Å². The van der Waals surface area contributed by atoms with Gasteiger partial charge in [-0.15, -0.1) is 0 Å². The molecular formula is C26H24BrNO5S. The summed E-state index contributed by atoms with van der Waals surface area (Å²) in [5.74, 6) is 0.830. The molecule has 6 nitrogen and oxygen atoms in total. The number of hydrogen-bond acceptors (Lipinski definition) is 6. The number of halogens is 1. The van der Waals surface area contributed by atoms with Gasteiger partial charge in [-0.1, -0.05) is 58.4 Å². The summed E-state index contributed by atoms with van der Waals surface area (Å²) in [5.41, 5.74) is 1.80. The number of thioether (sulfide) groups is 1. The van der Waals surface area contributed by atoms with Gasteiger partial charge in [-0.3, -0.25) is 14.5 Å². The molecule has 0 radical (unpaired) electrons. The minimum absolute atomic E-state index is 0.227. The van der Waals surface area contributed by atoms with Crippen molar-refractivity contribution in [2.24, 2.45) is 0 Å². The maximum absolute atomic E-state index is 12.7. The number of carbonyl (C=O) groups excluding carboxylic acids is 2. The summed E-state index contributed by atoms with van der Waals surface area (Å²) in [7, 11) is 1.53. The Hall–Kier alpha value is -2.81. The van der Waals surface area contributed by atoms with Crippen LogP contribution < -0.4 is 9.47 Å². The van der Waals surface area contributed by atoms with E-state index in [-0.39, 0.29) is 17.7 Å². The Morgan fingerprint density at radius 3 is 2.59 bits per heavy atom. The lowest BCUT2D eigenvalue weighted by Crippen LogP contribution is -2.31. The van der Waals surface area contributed by atoms with Gasteiger partial charge in [0.1, 0.15) is 6.61 Å². The van der Waals surface area contributed by atoms with Crippen LogP contribution in [0.3, 0.4) is 0 Å². The molecule has 0 unspecified atom stereocenters. The lowest BCUT2D eigenvalue weighted by atomic mass is 10.1. The zero-order chi connectivity index (χ0) is 24.1. The second kappa shape index (κ2) is 11.1. The van der Waals surface area contributed by atoms with Crippen LogP contribution >= 0.6 is 27.7 Å². The van der Waals surface area contributed by atoms with Crippen LogP contribution in [-0.2, 0) is 16.1 Å².